The van der Waals surface area contributed by atoms with E-state index >= 15 is 0 Å². The van der Waals surface area contributed by atoms with Crippen LogP contribution in [0.3, 0.4) is 0 Å². The number of benzene rings is 2. The molecule has 3 aromatic heterocycles. The molecule has 1 amide bonds. The summed E-state index contributed by atoms with van der Waals surface area (Å²) in [6.07, 6.45) is 2.52. The van der Waals surface area contributed by atoms with E-state index in [1.165, 1.54) is 6.20 Å². The number of aliphatic hydroxyl groups excluding tert-OH is 1. The monoisotopic (exact) mass is 999 g/mol. The van der Waals surface area contributed by atoms with Gasteiger partial charge in [0.25, 0.3) is 5.91 Å². The molecule has 2 fully saturated rings. The fraction of sp³-hybridized carbons (Fsp3) is 0.446. The molecule has 13 nitrogen and oxygen atoms in total. The van der Waals surface area contributed by atoms with E-state index in [-0.39, 0.29) is 91.5 Å². The van der Waals surface area contributed by atoms with Crippen LogP contribution in [0.2, 0.25) is 5.02 Å². The number of nitrogens with one attached hydrogen (secondary N) is 1. The van der Waals surface area contributed by atoms with Gasteiger partial charge >= 0.3 is 0 Å². The predicted octanol–water partition coefficient (Wildman–Crippen LogP) is 11.1. The summed E-state index contributed by atoms with van der Waals surface area (Å²) in [5, 5.41) is 23.4. The van der Waals surface area contributed by atoms with Crippen LogP contribution in [0.15, 0.2) is 84.6 Å². The Kier molecular flexibility index (Phi) is 15.8. The number of nitriles is 1. The number of nitrogens with zero attached hydrogens (tertiary/aromatic N) is 4. The predicted molar refractivity (Wildman–Crippen MR) is 272 cm³/mol. The first-order valence-corrected chi connectivity index (χ1v) is 25.3. The zero-order valence-electron chi connectivity index (χ0n) is 41.7. The van der Waals surface area contributed by atoms with Crippen molar-refractivity contribution in [1.82, 2.24) is 20.3 Å². The van der Waals surface area contributed by atoms with Crippen molar-refractivity contribution in [3.63, 3.8) is 0 Å². The van der Waals surface area contributed by atoms with Crippen molar-refractivity contribution < 1.29 is 38.6 Å². The maximum absolute atomic E-state index is 14.3. The molecule has 5 atom stereocenters. The maximum Gasteiger partial charge on any atom is 0.253 e. The molecule has 5 aromatic rings. The zero-order chi connectivity index (χ0) is 51.6. The number of thiazole rings is 1. The van der Waals surface area contributed by atoms with E-state index in [0.29, 0.717) is 33.2 Å². The van der Waals surface area contributed by atoms with Crippen LogP contribution in [-0.2, 0) is 14.4 Å². The Morgan fingerprint density at radius 1 is 0.873 bits per heavy atom. The summed E-state index contributed by atoms with van der Waals surface area (Å²) in [6.45, 7) is 17.7. The minimum absolute atomic E-state index is 0.0515. The Morgan fingerprint density at radius 2 is 1.55 bits per heavy atom. The van der Waals surface area contributed by atoms with Crippen molar-refractivity contribution in [2.24, 2.45) is 34.0 Å². The molecule has 0 aliphatic heterocycles. The average molecular weight is 1000 g/mol. The summed E-state index contributed by atoms with van der Waals surface area (Å²) in [7, 11) is 0. The van der Waals surface area contributed by atoms with Gasteiger partial charge in [0.15, 0.2) is 5.78 Å². The Hall–Kier alpha value is -6.14. The molecular formula is C56H62ClN5O8S. The van der Waals surface area contributed by atoms with E-state index in [1.54, 1.807) is 77.6 Å². The van der Waals surface area contributed by atoms with Crippen molar-refractivity contribution in [3.8, 4) is 33.9 Å². The molecule has 0 spiro atoms. The third kappa shape index (κ3) is 11.8. The van der Waals surface area contributed by atoms with Crippen molar-refractivity contribution in [2.75, 3.05) is 0 Å². The summed E-state index contributed by atoms with van der Waals surface area (Å²) in [6, 6.07) is 20.4. The van der Waals surface area contributed by atoms with Gasteiger partial charge in [0, 0.05) is 108 Å². The molecule has 2 N–H and O–H groups in total. The lowest BCUT2D eigenvalue weighted by Crippen LogP contribution is -2.74. The topological polar surface area (TPSA) is 199 Å². The van der Waals surface area contributed by atoms with Crippen LogP contribution in [0, 0.1) is 52.3 Å². The van der Waals surface area contributed by atoms with Crippen LogP contribution in [0.5, 0.6) is 17.4 Å². The Bertz CT molecular complexity index is 2810. The number of amides is 1. The lowest BCUT2D eigenvalue weighted by Gasteiger charge is -2.63. The minimum Gasteiger partial charge on any atom is -0.489 e. The minimum atomic E-state index is -0.798. The molecule has 2 aliphatic carbocycles. The van der Waals surface area contributed by atoms with Crippen LogP contribution in [0.4, 0.5) is 0 Å². The number of aromatic nitrogens is 3. The summed E-state index contributed by atoms with van der Waals surface area (Å²) in [4.78, 5) is 82.7. The van der Waals surface area contributed by atoms with Crippen LogP contribution in [0.1, 0.15) is 138 Å². The van der Waals surface area contributed by atoms with E-state index in [2.05, 4.69) is 20.3 Å². The number of pyridine rings is 2. The van der Waals surface area contributed by atoms with Crippen molar-refractivity contribution in [2.45, 2.75) is 125 Å². The molecule has 0 bridgehead atoms. The highest BCUT2D eigenvalue weighted by molar-refractivity contribution is 7.13. The standard InChI is InChI=1S/C56H62ClN5O8S/c1-31(45-19-13-35(28-59-45)50-32(2)61-30-71-50)22-47(66)41-23-38(64)24-42(41)49(67)43(54(3,4)5)25-37(63)15-20-46(65)33-10-16-39(17-11-33)69-48-21-14-36(29-60-48)51(68)62-52-55(6,7)53(56(52,8)9)70-40-18-12-34(27-58)44(57)26-40/h10-14,16-19,21,26,28-31,38,41-43,52-53,64H,15,20,22-25H2,1-9H3,(H,62,68)/t31-,38-,41-,42?,43-,52?,53?/m1/s1. The highest BCUT2D eigenvalue weighted by Crippen LogP contribution is 2.56. The number of Topliss-reactive ketones (excluding diaryl/α,β-unsaturated/α-hetero) is 4. The van der Waals surface area contributed by atoms with Gasteiger partial charge in [0.2, 0.25) is 5.88 Å². The fourth-order valence-electron chi connectivity index (χ4n) is 10.7. The quantitative estimate of drug-likeness (QED) is 0.0743. The molecule has 2 aliphatic rings. The van der Waals surface area contributed by atoms with Crippen LogP contribution in [-0.4, -0.2) is 67.3 Å². The van der Waals surface area contributed by atoms with E-state index in [4.69, 9.17) is 21.1 Å². The van der Waals surface area contributed by atoms with Crippen molar-refractivity contribution in [3.05, 3.63) is 118 Å². The third-order valence-electron chi connectivity index (χ3n) is 14.4. The highest BCUT2D eigenvalue weighted by Gasteiger charge is 2.64. The zero-order valence-corrected chi connectivity index (χ0v) is 43.3. The summed E-state index contributed by atoms with van der Waals surface area (Å²) in [5.41, 5.74) is 4.05. The van der Waals surface area contributed by atoms with Gasteiger partial charge in [-0.3, -0.25) is 29.0 Å². The number of carbonyl (C=O) groups is 5. The lowest BCUT2D eigenvalue weighted by molar-refractivity contribution is -0.164. The van der Waals surface area contributed by atoms with Gasteiger partial charge in [0.1, 0.15) is 41.0 Å². The smallest absolute Gasteiger partial charge is 0.253 e. The van der Waals surface area contributed by atoms with E-state index in [1.807, 2.05) is 80.5 Å². The number of halogens is 1. The number of ether oxygens (including phenoxy) is 2. The molecule has 1 unspecified atom stereocenters. The first-order valence-electron chi connectivity index (χ1n) is 24.0. The first-order chi connectivity index (χ1) is 33.5. The largest absolute Gasteiger partial charge is 0.489 e. The second kappa shape index (κ2) is 21.3. The molecule has 2 aromatic carbocycles. The van der Waals surface area contributed by atoms with E-state index in [9.17, 15) is 34.3 Å². The molecule has 15 heteroatoms. The van der Waals surface area contributed by atoms with Gasteiger partial charge in [-0.25, -0.2) is 9.97 Å². The number of ketones is 4. The molecule has 71 heavy (non-hydrogen) atoms. The van der Waals surface area contributed by atoms with Gasteiger partial charge in [-0.1, -0.05) is 73.1 Å². The van der Waals surface area contributed by atoms with Gasteiger partial charge in [0.05, 0.1) is 38.3 Å². The van der Waals surface area contributed by atoms with E-state index < -0.39 is 40.1 Å². The Labute approximate surface area is 424 Å². The molecule has 2 saturated carbocycles. The van der Waals surface area contributed by atoms with Crippen molar-refractivity contribution in [1.29, 1.82) is 5.26 Å². The molecular weight excluding hydrogens is 938 g/mol. The number of hydrogen-bond acceptors (Lipinski definition) is 13. The number of aryl methyl sites for hydroxylation is 1. The number of hydrogen-bond donors (Lipinski definition) is 2. The van der Waals surface area contributed by atoms with Gasteiger partial charge < -0.3 is 19.9 Å². The molecule has 0 radical (unpaired) electrons. The number of rotatable bonds is 19. The molecule has 372 valence electrons. The molecule has 3 heterocycles. The summed E-state index contributed by atoms with van der Waals surface area (Å²) < 4.78 is 12.3. The highest BCUT2D eigenvalue weighted by atomic mass is 35.5. The first kappa shape index (κ1) is 52.7. The average Bonchev–Trinajstić information content (AvgIpc) is 3.95. The lowest BCUT2D eigenvalue weighted by atomic mass is 9.49. The second-order valence-corrected chi connectivity index (χ2v) is 22.7. The Balaban J connectivity index is 0.884. The summed E-state index contributed by atoms with van der Waals surface area (Å²) >= 11 is 7.78. The molecule has 0 saturated heterocycles. The SMILES string of the molecule is Cc1ncsc1-c1ccc([C@H](C)CC(=O)[C@@H]2C[C@@H](O)CC2C(=O)[C@@H](CC(=O)CCC(=O)c2ccc(Oc3ccc(C(=O)NC4C(C)(C)C(Oc5ccc(C#N)c(Cl)c5)C4(C)C)cn3)cc2)C(C)(C)C)nc1. The summed E-state index contributed by atoms with van der Waals surface area (Å²) in [5.74, 6) is -2.13. The van der Waals surface area contributed by atoms with Crippen LogP contribution >= 0.6 is 22.9 Å². The van der Waals surface area contributed by atoms with Crippen LogP contribution < -0.4 is 14.8 Å². The number of aliphatic hydroxyl groups is 1. The third-order valence-corrected chi connectivity index (χ3v) is 15.7. The fourth-order valence-corrected chi connectivity index (χ4v) is 11.7. The second-order valence-electron chi connectivity index (χ2n) is 21.4. The maximum atomic E-state index is 14.3. The van der Waals surface area contributed by atoms with E-state index in [0.717, 1.165) is 21.8 Å². The van der Waals surface area contributed by atoms with Crippen LogP contribution in [0.25, 0.3) is 10.4 Å². The van der Waals surface area contributed by atoms with Gasteiger partial charge in [-0.15, -0.1) is 11.3 Å². The van der Waals surface area contributed by atoms with Crippen molar-refractivity contribution >= 4 is 52.0 Å². The molecule has 7 rings (SSSR count). The number of carbonyl (C=O) groups excluding carboxylic acids is 5. The Morgan fingerprint density at radius 3 is 2.14 bits per heavy atom. The van der Waals surface area contributed by atoms with Gasteiger partial charge in [-0.05, 0) is 73.7 Å². The normalized spacial score (nSPS) is 21.0. The van der Waals surface area contributed by atoms with Gasteiger partial charge in [-0.2, -0.15) is 5.26 Å².